The van der Waals surface area contributed by atoms with Gasteiger partial charge in [-0.05, 0) is 36.1 Å². The fourth-order valence-corrected chi connectivity index (χ4v) is 2.69. The van der Waals surface area contributed by atoms with Crippen LogP contribution in [0.3, 0.4) is 0 Å². The Labute approximate surface area is 161 Å². The van der Waals surface area contributed by atoms with Gasteiger partial charge in [0.25, 0.3) is 0 Å². The molecule has 27 heavy (non-hydrogen) atoms. The van der Waals surface area contributed by atoms with E-state index in [1.807, 2.05) is 42.5 Å². The largest absolute Gasteiger partial charge is 0.466 e. The second-order valence-corrected chi connectivity index (χ2v) is 6.50. The van der Waals surface area contributed by atoms with Gasteiger partial charge < -0.3 is 9.47 Å². The Morgan fingerprint density at radius 1 is 0.741 bits per heavy atom. The molecule has 4 nitrogen and oxygen atoms in total. The van der Waals surface area contributed by atoms with Gasteiger partial charge in [-0.1, -0.05) is 68.7 Å². The minimum atomic E-state index is -0.335. The Hall–Kier alpha value is -2.62. The normalized spacial score (nSPS) is 10.4. The number of carbonyl (C=O) groups excluding carboxylic acids is 2. The summed E-state index contributed by atoms with van der Waals surface area (Å²) in [7, 11) is 0. The maximum Gasteiger partial charge on any atom is 0.311 e. The summed E-state index contributed by atoms with van der Waals surface area (Å²) in [5, 5.41) is 0. The number of unbranched alkanes of at least 4 members (excludes halogenated alkanes) is 3. The van der Waals surface area contributed by atoms with Gasteiger partial charge in [-0.15, -0.1) is 0 Å². The van der Waals surface area contributed by atoms with E-state index in [0.717, 1.165) is 36.8 Å². The lowest BCUT2D eigenvalue weighted by molar-refractivity contribution is -0.144. The van der Waals surface area contributed by atoms with E-state index in [1.165, 1.54) is 0 Å². The SMILES string of the molecule is CCCCCCOC(=O)CCCC(=O)Oc1ccc(-c2ccccc2)cc1. The predicted molar refractivity (Wildman–Crippen MR) is 106 cm³/mol. The number of esters is 2. The van der Waals surface area contributed by atoms with Crippen LogP contribution in [-0.4, -0.2) is 18.5 Å². The maximum absolute atomic E-state index is 11.9. The van der Waals surface area contributed by atoms with Gasteiger partial charge in [-0.3, -0.25) is 9.59 Å². The van der Waals surface area contributed by atoms with Crippen molar-refractivity contribution in [2.75, 3.05) is 6.61 Å². The molecule has 0 unspecified atom stereocenters. The summed E-state index contributed by atoms with van der Waals surface area (Å²) in [5.74, 6) is -0.0668. The van der Waals surface area contributed by atoms with E-state index >= 15 is 0 Å². The topological polar surface area (TPSA) is 52.6 Å². The lowest BCUT2D eigenvalue weighted by atomic mass is 10.1. The fourth-order valence-electron chi connectivity index (χ4n) is 2.69. The lowest BCUT2D eigenvalue weighted by Gasteiger charge is -2.07. The molecule has 0 aromatic heterocycles. The number of rotatable bonds is 11. The zero-order valence-electron chi connectivity index (χ0n) is 16.0. The standard InChI is InChI=1S/C23H28O4/c1-2-3-4-8-18-26-22(24)12-9-13-23(25)27-21-16-14-20(15-17-21)19-10-6-5-7-11-19/h5-7,10-11,14-17H,2-4,8-9,12-13,18H2,1H3. The van der Waals surface area contributed by atoms with Crippen molar-refractivity contribution in [3.05, 3.63) is 54.6 Å². The monoisotopic (exact) mass is 368 g/mol. The fraction of sp³-hybridized carbons (Fsp3) is 0.391. The van der Waals surface area contributed by atoms with Gasteiger partial charge >= 0.3 is 11.9 Å². The van der Waals surface area contributed by atoms with E-state index in [9.17, 15) is 9.59 Å². The highest BCUT2D eigenvalue weighted by molar-refractivity contribution is 5.74. The van der Waals surface area contributed by atoms with Gasteiger partial charge in [-0.25, -0.2) is 0 Å². The number of hydrogen-bond donors (Lipinski definition) is 0. The molecular formula is C23H28O4. The Bertz CT molecular complexity index is 692. The summed E-state index contributed by atoms with van der Waals surface area (Å²) in [6.07, 6.45) is 5.19. The molecule has 144 valence electrons. The molecule has 0 aliphatic carbocycles. The van der Waals surface area contributed by atoms with Gasteiger partial charge in [0.05, 0.1) is 6.61 Å². The van der Waals surface area contributed by atoms with Crippen molar-refractivity contribution in [1.29, 1.82) is 0 Å². The Balaban J connectivity index is 1.65. The molecule has 2 aromatic carbocycles. The van der Waals surface area contributed by atoms with Crippen molar-refractivity contribution >= 4 is 11.9 Å². The molecule has 0 spiro atoms. The first-order valence-electron chi connectivity index (χ1n) is 9.71. The molecule has 2 rings (SSSR count). The Morgan fingerprint density at radius 2 is 1.41 bits per heavy atom. The van der Waals surface area contributed by atoms with Gasteiger partial charge in [-0.2, -0.15) is 0 Å². The van der Waals surface area contributed by atoms with Crippen LogP contribution < -0.4 is 4.74 Å². The van der Waals surface area contributed by atoms with Crippen LogP contribution in [0.25, 0.3) is 11.1 Å². The third-order valence-electron chi connectivity index (χ3n) is 4.22. The van der Waals surface area contributed by atoms with Crippen LogP contribution >= 0.6 is 0 Å². The first-order valence-corrected chi connectivity index (χ1v) is 9.71. The average molecular weight is 368 g/mol. The van der Waals surface area contributed by atoms with Crippen molar-refractivity contribution < 1.29 is 19.1 Å². The summed E-state index contributed by atoms with van der Waals surface area (Å²) >= 11 is 0. The zero-order chi connectivity index (χ0) is 19.3. The molecule has 0 N–H and O–H groups in total. The summed E-state index contributed by atoms with van der Waals surface area (Å²) in [6, 6.07) is 17.4. The molecule has 0 heterocycles. The third kappa shape index (κ3) is 8.07. The van der Waals surface area contributed by atoms with E-state index in [2.05, 4.69) is 6.92 Å². The number of ether oxygens (including phenoxy) is 2. The molecule has 0 aliphatic heterocycles. The number of benzene rings is 2. The van der Waals surface area contributed by atoms with Crippen LogP contribution in [0, 0.1) is 0 Å². The highest BCUT2D eigenvalue weighted by atomic mass is 16.5. The molecule has 4 heteroatoms. The Morgan fingerprint density at radius 3 is 2.11 bits per heavy atom. The molecule has 0 radical (unpaired) electrons. The molecule has 0 amide bonds. The quantitative estimate of drug-likeness (QED) is 0.296. The summed E-state index contributed by atoms with van der Waals surface area (Å²) in [4.78, 5) is 23.5. The first kappa shape index (κ1) is 20.7. The molecule has 0 aliphatic rings. The maximum atomic E-state index is 11.9. The van der Waals surface area contributed by atoms with Gasteiger partial charge in [0, 0.05) is 12.8 Å². The molecule has 0 saturated carbocycles. The molecule has 0 bridgehead atoms. The van der Waals surface area contributed by atoms with Crippen LogP contribution in [0.5, 0.6) is 5.75 Å². The van der Waals surface area contributed by atoms with Crippen LogP contribution in [0.1, 0.15) is 51.9 Å². The number of hydrogen-bond acceptors (Lipinski definition) is 4. The molecule has 0 fully saturated rings. The minimum absolute atomic E-state index is 0.200. The summed E-state index contributed by atoms with van der Waals surface area (Å²) in [5.41, 5.74) is 2.18. The minimum Gasteiger partial charge on any atom is -0.466 e. The Kier molecular flexibility index (Phi) is 9.11. The van der Waals surface area contributed by atoms with E-state index in [4.69, 9.17) is 9.47 Å². The second-order valence-electron chi connectivity index (χ2n) is 6.50. The van der Waals surface area contributed by atoms with Crippen molar-refractivity contribution in [1.82, 2.24) is 0 Å². The van der Waals surface area contributed by atoms with Gasteiger partial charge in [0.15, 0.2) is 0 Å². The van der Waals surface area contributed by atoms with Crippen molar-refractivity contribution in [3.63, 3.8) is 0 Å². The van der Waals surface area contributed by atoms with Crippen LogP contribution in [0.4, 0.5) is 0 Å². The van der Waals surface area contributed by atoms with E-state index in [-0.39, 0.29) is 24.8 Å². The number of carbonyl (C=O) groups is 2. The highest BCUT2D eigenvalue weighted by Gasteiger charge is 2.08. The van der Waals surface area contributed by atoms with Gasteiger partial charge in [0.1, 0.15) is 5.75 Å². The van der Waals surface area contributed by atoms with Crippen molar-refractivity contribution in [2.45, 2.75) is 51.9 Å². The van der Waals surface area contributed by atoms with Crippen molar-refractivity contribution in [3.8, 4) is 16.9 Å². The molecule has 2 aromatic rings. The summed E-state index contributed by atoms with van der Waals surface area (Å²) in [6.45, 7) is 2.61. The molecule has 0 atom stereocenters. The van der Waals surface area contributed by atoms with Gasteiger partial charge in [0.2, 0.25) is 0 Å². The van der Waals surface area contributed by atoms with E-state index in [0.29, 0.717) is 18.8 Å². The smallest absolute Gasteiger partial charge is 0.311 e. The predicted octanol–water partition coefficient (Wildman–Crippen LogP) is 5.55. The first-order chi connectivity index (χ1) is 13.2. The molecule has 0 saturated heterocycles. The van der Waals surface area contributed by atoms with Crippen LogP contribution in [-0.2, 0) is 14.3 Å². The zero-order valence-corrected chi connectivity index (χ0v) is 16.0. The highest BCUT2D eigenvalue weighted by Crippen LogP contribution is 2.22. The third-order valence-corrected chi connectivity index (χ3v) is 4.22. The summed E-state index contributed by atoms with van der Waals surface area (Å²) < 4.78 is 10.5. The van der Waals surface area contributed by atoms with Crippen LogP contribution in [0.15, 0.2) is 54.6 Å². The second kappa shape index (κ2) is 11.9. The van der Waals surface area contributed by atoms with E-state index in [1.54, 1.807) is 12.1 Å². The van der Waals surface area contributed by atoms with E-state index < -0.39 is 0 Å². The molecular weight excluding hydrogens is 340 g/mol. The van der Waals surface area contributed by atoms with Crippen molar-refractivity contribution in [2.24, 2.45) is 0 Å². The van der Waals surface area contributed by atoms with Crippen LogP contribution in [0.2, 0.25) is 0 Å². The lowest BCUT2D eigenvalue weighted by Crippen LogP contribution is -2.10. The average Bonchev–Trinajstić information content (AvgIpc) is 2.69.